The molecule has 1 aromatic heterocycles. The summed E-state index contributed by atoms with van der Waals surface area (Å²) in [6, 6.07) is 2.64. The lowest BCUT2D eigenvalue weighted by atomic mass is 9.99. The van der Waals surface area contributed by atoms with Crippen molar-refractivity contribution >= 4 is 0 Å². The highest BCUT2D eigenvalue weighted by Crippen LogP contribution is 2.36. The normalized spacial score (nSPS) is 17.1. The Balaban J connectivity index is 2.08. The van der Waals surface area contributed by atoms with Crippen LogP contribution >= 0.6 is 0 Å². The largest absolute Gasteiger partial charge is 0.310 e. The van der Waals surface area contributed by atoms with Crippen LogP contribution in [0.15, 0.2) is 6.07 Å². The molecule has 0 radical (unpaired) electrons. The van der Waals surface area contributed by atoms with Gasteiger partial charge in [-0.05, 0) is 50.8 Å². The maximum absolute atomic E-state index is 4.23. The van der Waals surface area contributed by atoms with Crippen LogP contribution in [0.5, 0.6) is 0 Å². The highest BCUT2D eigenvalue weighted by molar-refractivity contribution is 5.23. The van der Waals surface area contributed by atoms with E-state index in [2.05, 4.69) is 35.4 Å². The minimum atomic E-state index is 0.454. The monoisotopic (exact) mass is 233 g/mol. The molecule has 1 N–H and O–H groups in total. The Labute approximate surface area is 104 Å². The molecule has 3 heteroatoms. The number of hydrogen-bond donors (Lipinski definition) is 1. The second-order valence-corrected chi connectivity index (χ2v) is 5.16. The van der Waals surface area contributed by atoms with Crippen molar-refractivity contribution in [1.82, 2.24) is 15.5 Å². The minimum absolute atomic E-state index is 0.454. The molecular weight excluding hydrogens is 210 g/mol. The van der Waals surface area contributed by atoms with Crippen LogP contribution in [0, 0.1) is 19.8 Å². The Bertz CT molecular complexity index is 372. The molecule has 0 spiro atoms. The van der Waals surface area contributed by atoms with Crippen LogP contribution < -0.4 is 5.32 Å². The van der Waals surface area contributed by atoms with Crippen LogP contribution in [0.1, 0.15) is 55.6 Å². The van der Waals surface area contributed by atoms with Gasteiger partial charge in [0.1, 0.15) is 0 Å². The summed E-state index contributed by atoms with van der Waals surface area (Å²) in [5, 5.41) is 11.9. The van der Waals surface area contributed by atoms with Crippen molar-refractivity contribution in [1.29, 1.82) is 0 Å². The number of hydrogen-bond acceptors (Lipinski definition) is 3. The zero-order valence-corrected chi connectivity index (χ0v) is 11.2. The molecule has 0 aliphatic heterocycles. The summed E-state index contributed by atoms with van der Waals surface area (Å²) in [5.74, 6) is 0.993. The smallest absolute Gasteiger partial charge is 0.0648 e. The highest BCUT2D eigenvalue weighted by Gasteiger charge is 2.23. The molecule has 2 rings (SSSR count). The average Bonchev–Trinajstić information content (AvgIpc) is 3.12. The van der Waals surface area contributed by atoms with E-state index in [0.717, 1.165) is 23.9 Å². The number of nitrogens with zero attached hydrogens (tertiary/aromatic N) is 2. The third-order valence-electron chi connectivity index (χ3n) is 3.53. The van der Waals surface area contributed by atoms with Crippen molar-refractivity contribution in [2.75, 3.05) is 6.54 Å². The number of nitrogens with one attached hydrogen (secondary N) is 1. The van der Waals surface area contributed by atoms with Gasteiger partial charge in [-0.3, -0.25) is 0 Å². The van der Waals surface area contributed by atoms with Crippen molar-refractivity contribution in [2.24, 2.45) is 5.92 Å². The first-order valence-corrected chi connectivity index (χ1v) is 6.75. The van der Waals surface area contributed by atoms with Crippen LogP contribution in [0.4, 0.5) is 0 Å². The van der Waals surface area contributed by atoms with Gasteiger partial charge in [-0.25, -0.2) is 0 Å². The van der Waals surface area contributed by atoms with Crippen LogP contribution in [0.2, 0.25) is 0 Å². The molecule has 3 nitrogen and oxygen atoms in total. The zero-order valence-electron chi connectivity index (χ0n) is 11.2. The van der Waals surface area contributed by atoms with Crippen molar-refractivity contribution in [2.45, 2.75) is 52.5 Å². The van der Waals surface area contributed by atoms with E-state index in [0.29, 0.717) is 6.04 Å². The molecule has 1 aliphatic carbocycles. The Morgan fingerprint density at radius 3 is 2.76 bits per heavy atom. The summed E-state index contributed by atoms with van der Waals surface area (Å²) < 4.78 is 0. The highest BCUT2D eigenvalue weighted by atomic mass is 15.1. The first-order valence-electron chi connectivity index (χ1n) is 6.75. The van der Waals surface area contributed by atoms with E-state index in [4.69, 9.17) is 0 Å². The summed E-state index contributed by atoms with van der Waals surface area (Å²) >= 11 is 0. The lowest BCUT2D eigenvalue weighted by Gasteiger charge is -2.19. The standard InChI is InChI=1S/C14H23N3/c1-4-15-14(8-7-12-5-6-12)13-9-10(2)16-17-11(13)3/h9,12,14-15H,4-8H2,1-3H3. The van der Waals surface area contributed by atoms with Gasteiger partial charge in [0.05, 0.1) is 11.4 Å². The molecule has 0 aromatic carbocycles. The Kier molecular flexibility index (Phi) is 4.11. The van der Waals surface area contributed by atoms with Gasteiger partial charge in [0.2, 0.25) is 0 Å². The van der Waals surface area contributed by atoms with Gasteiger partial charge in [0.25, 0.3) is 0 Å². The Morgan fingerprint density at radius 2 is 2.12 bits per heavy atom. The topological polar surface area (TPSA) is 37.8 Å². The van der Waals surface area contributed by atoms with E-state index in [9.17, 15) is 0 Å². The molecule has 1 aliphatic rings. The molecule has 1 fully saturated rings. The minimum Gasteiger partial charge on any atom is -0.310 e. The van der Waals surface area contributed by atoms with Gasteiger partial charge in [-0.15, -0.1) is 0 Å². The predicted molar refractivity (Wildman–Crippen MR) is 69.9 cm³/mol. The molecule has 1 saturated carbocycles. The quantitative estimate of drug-likeness (QED) is 0.821. The second kappa shape index (κ2) is 5.58. The third-order valence-corrected chi connectivity index (χ3v) is 3.53. The van der Waals surface area contributed by atoms with Crippen LogP contribution in [-0.2, 0) is 0 Å². The van der Waals surface area contributed by atoms with E-state index in [1.54, 1.807) is 0 Å². The van der Waals surface area contributed by atoms with E-state index in [1.807, 2.05) is 6.92 Å². The molecule has 0 amide bonds. The van der Waals surface area contributed by atoms with Gasteiger partial charge < -0.3 is 5.32 Å². The van der Waals surface area contributed by atoms with Gasteiger partial charge in [-0.2, -0.15) is 10.2 Å². The van der Waals surface area contributed by atoms with Crippen LogP contribution in [0.25, 0.3) is 0 Å². The molecule has 1 unspecified atom stereocenters. The fraction of sp³-hybridized carbons (Fsp3) is 0.714. The number of rotatable bonds is 6. The lowest BCUT2D eigenvalue weighted by Crippen LogP contribution is -2.22. The molecular formula is C14H23N3. The predicted octanol–water partition coefficient (Wildman–Crippen LogP) is 2.93. The van der Waals surface area contributed by atoms with Gasteiger partial charge in [0.15, 0.2) is 0 Å². The lowest BCUT2D eigenvalue weighted by molar-refractivity contribution is 0.477. The summed E-state index contributed by atoms with van der Waals surface area (Å²) in [4.78, 5) is 0. The number of aromatic nitrogens is 2. The molecule has 1 aromatic rings. The van der Waals surface area contributed by atoms with Crippen LogP contribution in [-0.4, -0.2) is 16.7 Å². The van der Waals surface area contributed by atoms with Gasteiger partial charge >= 0.3 is 0 Å². The molecule has 0 saturated heterocycles. The average molecular weight is 233 g/mol. The van der Waals surface area contributed by atoms with Crippen molar-refractivity contribution < 1.29 is 0 Å². The van der Waals surface area contributed by atoms with Gasteiger partial charge in [-0.1, -0.05) is 19.8 Å². The zero-order chi connectivity index (χ0) is 12.3. The molecule has 1 atom stereocenters. The fourth-order valence-electron chi connectivity index (χ4n) is 2.35. The number of aryl methyl sites for hydroxylation is 2. The Hall–Kier alpha value is -0.960. The maximum atomic E-state index is 4.23. The summed E-state index contributed by atoms with van der Waals surface area (Å²) in [6.07, 6.45) is 5.44. The third kappa shape index (κ3) is 3.50. The fourth-order valence-corrected chi connectivity index (χ4v) is 2.35. The summed E-state index contributed by atoms with van der Waals surface area (Å²) in [7, 11) is 0. The van der Waals surface area contributed by atoms with Gasteiger partial charge in [0, 0.05) is 6.04 Å². The molecule has 0 bridgehead atoms. The Morgan fingerprint density at radius 1 is 1.35 bits per heavy atom. The van der Waals surface area contributed by atoms with Crippen LogP contribution in [0.3, 0.4) is 0 Å². The second-order valence-electron chi connectivity index (χ2n) is 5.16. The van der Waals surface area contributed by atoms with Crippen molar-refractivity contribution in [3.63, 3.8) is 0 Å². The molecule has 94 valence electrons. The van der Waals surface area contributed by atoms with E-state index >= 15 is 0 Å². The first-order chi connectivity index (χ1) is 8.20. The first kappa shape index (κ1) is 12.5. The maximum Gasteiger partial charge on any atom is 0.0648 e. The van der Waals surface area contributed by atoms with E-state index in [1.165, 1.54) is 31.2 Å². The van der Waals surface area contributed by atoms with Crippen molar-refractivity contribution in [3.8, 4) is 0 Å². The summed E-state index contributed by atoms with van der Waals surface area (Å²) in [6.45, 7) is 7.25. The van der Waals surface area contributed by atoms with E-state index < -0.39 is 0 Å². The molecule has 17 heavy (non-hydrogen) atoms. The SMILES string of the molecule is CCNC(CCC1CC1)c1cc(C)nnc1C. The van der Waals surface area contributed by atoms with Crippen molar-refractivity contribution in [3.05, 3.63) is 23.0 Å². The summed E-state index contributed by atoms with van der Waals surface area (Å²) in [5.41, 5.74) is 3.41. The molecule has 1 heterocycles. The van der Waals surface area contributed by atoms with E-state index in [-0.39, 0.29) is 0 Å².